The molecular formula is C12H23N3O3S. The Morgan fingerprint density at radius 3 is 2.63 bits per heavy atom. The van der Waals surface area contributed by atoms with Gasteiger partial charge in [-0.2, -0.15) is 0 Å². The third-order valence-corrected chi connectivity index (χ3v) is 5.73. The molecular weight excluding hydrogens is 266 g/mol. The van der Waals surface area contributed by atoms with E-state index in [1.807, 2.05) is 16.8 Å². The largest absolute Gasteiger partial charge is 0.340 e. The van der Waals surface area contributed by atoms with Crippen LogP contribution in [0.15, 0.2) is 0 Å². The summed E-state index contributed by atoms with van der Waals surface area (Å²) in [5.41, 5.74) is 0. The maximum Gasteiger partial charge on any atom is 0.223 e. The molecule has 1 unspecified atom stereocenters. The summed E-state index contributed by atoms with van der Waals surface area (Å²) < 4.78 is 22.8. The van der Waals surface area contributed by atoms with Crippen LogP contribution in [-0.4, -0.2) is 81.4 Å². The van der Waals surface area contributed by atoms with Gasteiger partial charge in [0.2, 0.25) is 5.91 Å². The third-order valence-electron chi connectivity index (χ3n) is 3.98. The summed E-state index contributed by atoms with van der Waals surface area (Å²) in [5, 5.41) is 3.22. The molecule has 0 aromatic rings. The van der Waals surface area contributed by atoms with Crippen LogP contribution in [0.2, 0.25) is 0 Å². The van der Waals surface area contributed by atoms with Crippen molar-refractivity contribution in [2.75, 3.05) is 51.3 Å². The summed E-state index contributed by atoms with van der Waals surface area (Å²) >= 11 is 0. The molecule has 1 N–H and O–H groups in total. The van der Waals surface area contributed by atoms with Gasteiger partial charge in [0.15, 0.2) is 9.84 Å². The molecule has 1 amide bonds. The monoisotopic (exact) mass is 289 g/mol. The lowest BCUT2D eigenvalue weighted by molar-refractivity contribution is -0.132. The lowest BCUT2D eigenvalue weighted by atomic mass is 10.2. The average Bonchev–Trinajstić information content (AvgIpc) is 2.77. The summed E-state index contributed by atoms with van der Waals surface area (Å²) in [6, 6.07) is 0.0841. The van der Waals surface area contributed by atoms with Gasteiger partial charge in [-0.1, -0.05) is 0 Å². The summed E-state index contributed by atoms with van der Waals surface area (Å²) in [5.74, 6) is 0.702. The van der Waals surface area contributed by atoms with Crippen LogP contribution >= 0.6 is 0 Å². The number of amides is 1. The van der Waals surface area contributed by atoms with Crippen molar-refractivity contribution < 1.29 is 13.2 Å². The van der Waals surface area contributed by atoms with Crippen LogP contribution in [0.4, 0.5) is 0 Å². The Morgan fingerprint density at radius 1 is 1.37 bits per heavy atom. The van der Waals surface area contributed by atoms with E-state index in [1.54, 1.807) is 0 Å². The van der Waals surface area contributed by atoms with E-state index in [0.717, 1.165) is 26.2 Å². The van der Waals surface area contributed by atoms with Crippen LogP contribution in [-0.2, 0) is 14.6 Å². The van der Waals surface area contributed by atoms with Crippen molar-refractivity contribution in [3.63, 3.8) is 0 Å². The van der Waals surface area contributed by atoms with Crippen LogP contribution in [0.25, 0.3) is 0 Å². The smallest absolute Gasteiger partial charge is 0.223 e. The molecule has 0 spiro atoms. The zero-order chi connectivity index (χ0) is 13.9. The molecule has 2 aliphatic rings. The van der Waals surface area contributed by atoms with Gasteiger partial charge in [0.25, 0.3) is 0 Å². The molecule has 2 heterocycles. The minimum absolute atomic E-state index is 0.0841. The average molecular weight is 289 g/mol. The predicted octanol–water partition coefficient (Wildman–Crippen LogP) is -1.07. The number of hydrogen-bond donors (Lipinski definition) is 1. The van der Waals surface area contributed by atoms with E-state index in [1.165, 1.54) is 0 Å². The molecule has 0 radical (unpaired) electrons. The molecule has 2 aliphatic heterocycles. The second kappa shape index (κ2) is 6.19. The summed E-state index contributed by atoms with van der Waals surface area (Å²) in [7, 11) is -0.932. The van der Waals surface area contributed by atoms with Gasteiger partial charge in [-0.25, -0.2) is 8.42 Å². The van der Waals surface area contributed by atoms with Crippen LogP contribution in [0.1, 0.15) is 12.8 Å². The maximum atomic E-state index is 12.0. The SMILES string of the molecule is CN(CCC(=O)N1CCNCC1)C1CCS(=O)(=O)C1. The van der Waals surface area contributed by atoms with Gasteiger partial charge < -0.3 is 15.1 Å². The summed E-state index contributed by atoms with van der Waals surface area (Å²) in [6.07, 6.45) is 1.17. The van der Waals surface area contributed by atoms with Crippen molar-refractivity contribution in [1.29, 1.82) is 0 Å². The molecule has 1 atom stereocenters. The molecule has 0 aliphatic carbocycles. The first kappa shape index (κ1) is 14.7. The minimum Gasteiger partial charge on any atom is -0.340 e. The first-order valence-electron chi connectivity index (χ1n) is 6.87. The van der Waals surface area contributed by atoms with Gasteiger partial charge in [0.05, 0.1) is 11.5 Å². The third kappa shape index (κ3) is 4.15. The number of rotatable bonds is 4. The van der Waals surface area contributed by atoms with Crippen LogP contribution in [0, 0.1) is 0 Å². The first-order chi connectivity index (χ1) is 8.98. The number of piperazine rings is 1. The minimum atomic E-state index is -2.84. The van der Waals surface area contributed by atoms with Gasteiger partial charge in [-0.05, 0) is 13.5 Å². The van der Waals surface area contributed by atoms with Crippen LogP contribution in [0.5, 0.6) is 0 Å². The topological polar surface area (TPSA) is 69.7 Å². The second-order valence-electron chi connectivity index (χ2n) is 5.42. The molecule has 2 fully saturated rings. The lowest BCUT2D eigenvalue weighted by Gasteiger charge is -2.29. The van der Waals surface area contributed by atoms with E-state index in [0.29, 0.717) is 19.4 Å². The molecule has 0 bridgehead atoms. The molecule has 2 rings (SSSR count). The molecule has 7 heteroatoms. The quantitative estimate of drug-likeness (QED) is 0.713. The van der Waals surface area contributed by atoms with Crippen molar-refractivity contribution in [2.45, 2.75) is 18.9 Å². The van der Waals surface area contributed by atoms with Gasteiger partial charge in [-0.3, -0.25) is 4.79 Å². The van der Waals surface area contributed by atoms with Crippen molar-refractivity contribution in [1.82, 2.24) is 15.1 Å². The van der Waals surface area contributed by atoms with Gasteiger partial charge in [0.1, 0.15) is 0 Å². The number of hydrogen-bond acceptors (Lipinski definition) is 5. The molecule has 2 saturated heterocycles. The molecule has 0 saturated carbocycles. The van der Waals surface area contributed by atoms with Crippen LogP contribution < -0.4 is 5.32 Å². The van der Waals surface area contributed by atoms with E-state index in [4.69, 9.17) is 0 Å². The van der Waals surface area contributed by atoms with Gasteiger partial charge in [0, 0.05) is 45.2 Å². The maximum absolute atomic E-state index is 12.0. The zero-order valence-electron chi connectivity index (χ0n) is 11.5. The molecule has 0 aromatic heterocycles. The van der Waals surface area contributed by atoms with Gasteiger partial charge >= 0.3 is 0 Å². The van der Waals surface area contributed by atoms with Crippen molar-refractivity contribution in [3.8, 4) is 0 Å². The van der Waals surface area contributed by atoms with Crippen molar-refractivity contribution in [2.24, 2.45) is 0 Å². The highest BCUT2D eigenvalue weighted by molar-refractivity contribution is 7.91. The number of sulfone groups is 1. The van der Waals surface area contributed by atoms with Crippen LogP contribution in [0.3, 0.4) is 0 Å². The van der Waals surface area contributed by atoms with E-state index in [-0.39, 0.29) is 23.5 Å². The number of carbonyl (C=O) groups is 1. The van der Waals surface area contributed by atoms with E-state index in [2.05, 4.69) is 5.32 Å². The first-order valence-corrected chi connectivity index (χ1v) is 8.69. The molecule has 110 valence electrons. The Hall–Kier alpha value is -0.660. The summed E-state index contributed by atoms with van der Waals surface area (Å²) in [6.45, 7) is 3.93. The zero-order valence-corrected chi connectivity index (χ0v) is 12.3. The standard InChI is InChI=1S/C12H23N3O3S/c1-14(11-3-9-19(17,18)10-11)6-2-12(16)15-7-4-13-5-8-15/h11,13H,2-10H2,1H3. The Bertz CT molecular complexity index is 418. The predicted molar refractivity (Wildman–Crippen MR) is 73.8 cm³/mol. The van der Waals surface area contributed by atoms with E-state index in [9.17, 15) is 13.2 Å². The number of nitrogens with one attached hydrogen (secondary N) is 1. The number of carbonyl (C=O) groups excluding carboxylic acids is 1. The highest BCUT2D eigenvalue weighted by atomic mass is 32.2. The highest BCUT2D eigenvalue weighted by Crippen LogP contribution is 2.16. The van der Waals surface area contributed by atoms with E-state index >= 15 is 0 Å². The Kier molecular flexibility index (Phi) is 4.81. The van der Waals surface area contributed by atoms with Gasteiger partial charge in [-0.15, -0.1) is 0 Å². The Balaban J connectivity index is 1.74. The van der Waals surface area contributed by atoms with Crippen molar-refractivity contribution in [3.05, 3.63) is 0 Å². The fourth-order valence-electron chi connectivity index (χ4n) is 2.65. The second-order valence-corrected chi connectivity index (χ2v) is 7.65. The lowest BCUT2D eigenvalue weighted by Crippen LogP contribution is -2.47. The fraction of sp³-hybridized carbons (Fsp3) is 0.917. The van der Waals surface area contributed by atoms with E-state index < -0.39 is 9.84 Å². The number of nitrogens with zero attached hydrogens (tertiary/aromatic N) is 2. The molecule has 0 aromatic carbocycles. The Labute approximate surface area is 115 Å². The summed E-state index contributed by atoms with van der Waals surface area (Å²) in [4.78, 5) is 15.9. The molecule has 6 nitrogen and oxygen atoms in total. The fourth-order valence-corrected chi connectivity index (χ4v) is 4.46. The van der Waals surface area contributed by atoms with Crippen molar-refractivity contribution >= 4 is 15.7 Å². The molecule has 19 heavy (non-hydrogen) atoms. The highest BCUT2D eigenvalue weighted by Gasteiger charge is 2.30. The normalized spacial score (nSPS) is 26.8. The Morgan fingerprint density at radius 2 is 2.05 bits per heavy atom.